The molecule has 4 atom stereocenters. The normalized spacial score (nSPS) is 24.2. The minimum absolute atomic E-state index is 0.0711. The highest BCUT2D eigenvalue weighted by atomic mass is 79.9. The third-order valence-corrected chi connectivity index (χ3v) is 8.75. The number of aliphatic carboxylic acids is 1. The Bertz CT molecular complexity index is 1150. The molecule has 3 heterocycles. The number of carbonyl (C=O) groups excluding carboxylic acids is 1. The first kappa shape index (κ1) is 28.0. The van der Waals surface area contributed by atoms with Crippen molar-refractivity contribution >= 4 is 51.0 Å². The second-order valence-electron chi connectivity index (χ2n) is 8.70. The lowest BCUT2D eigenvalue weighted by molar-refractivity contribution is -0.139. The van der Waals surface area contributed by atoms with Crippen molar-refractivity contribution in [1.82, 2.24) is 20.5 Å². The molecule has 37 heavy (non-hydrogen) atoms. The molecule has 0 spiro atoms. The number of alkyl halides is 1. The van der Waals surface area contributed by atoms with Crippen LogP contribution < -0.4 is 10.6 Å². The van der Waals surface area contributed by atoms with Crippen molar-refractivity contribution in [2.24, 2.45) is 5.92 Å². The van der Waals surface area contributed by atoms with Gasteiger partial charge in [0, 0.05) is 53.1 Å². The van der Waals surface area contributed by atoms with E-state index in [0.717, 1.165) is 5.01 Å². The largest absolute Gasteiger partial charge is 0.481 e. The van der Waals surface area contributed by atoms with Crippen LogP contribution in [0.25, 0.3) is 0 Å². The van der Waals surface area contributed by atoms with Crippen molar-refractivity contribution in [3.05, 3.63) is 61.9 Å². The van der Waals surface area contributed by atoms with Gasteiger partial charge in [0.15, 0.2) is 0 Å². The fourth-order valence-electron chi connectivity index (χ4n) is 4.51. The number of halogens is 3. The molecule has 0 saturated carbocycles. The number of carboxylic acid groups (broad SMARTS) is 1. The SMILES string of the molecule is CCOC(=O)C1=C(CN2CC(F)C(CSCC(=O)O)C2)NC(c2nccs2)NC1c1ccc(F)cc1Br. The summed E-state index contributed by atoms with van der Waals surface area (Å²) in [5.41, 5.74) is 1.56. The number of carboxylic acids is 1. The smallest absolute Gasteiger partial charge is 0.337 e. The topological polar surface area (TPSA) is 104 Å². The average molecular weight is 618 g/mol. The average Bonchev–Trinajstić information content (AvgIpc) is 3.49. The van der Waals surface area contributed by atoms with Gasteiger partial charge >= 0.3 is 11.9 Å². The van der Waals surface area contributed by atoms with Crippen LogP contribution in [0, 0.1) is 11.7 Å². The van der Waals surface area contributed by atoms with Crippen LogP contribution in [0.2, 0.25) is 0 Å². The molecular formula is C24H27BrF2N4O4S2. The summed E-state index contributed by atoms with van der Waals surface area (Å²) in [6, 6.07) is 3.64. The Hall–Kier alpha value is -2.06. The van der Waals surface area contributed by atoms with Crippen LogP contribution in [-0.2, 0) is 14.3 Å². The van der Waals surface area contributed by atoms with E-state index in [1.165, 1.54) is 35.2 Å². The third-order valence-electron chi connectivity index (χ3n) is 6.11. The number of nitrogens with zero attached hydrogens (tertiary/aromatic N) is 2. The molecule has 1 fully saturated rings. The quantitative estimate of drug-likeness (QED) is 0.343. The molecular weight excluding hydrogens is 590 g/mol. The van der Waals surface area contributed by atoms with E-state index < -0.39 is 36.1 Å². The lowest BCUT2D eigenvalue weighted by atomic mass is 9.94. The summed E-state index contributed by atoms with van der Waals surface area (Å²) in [4.78, 5) is 30.4. The Morgan fingerprint density at radius 3 is 2.86 bits per heavy atom. The van der Waals surface area contributed by atoms with Gasteiger partial charge in [-0.15, -0.1) is 23.1 Å². The van der Waals surface area contributed by atoms with Crippen LogP contribution in [0.5, 0.6) is 0 Å². The number of carbonyl (C=O) groups is 2. The van der Waals surface area contributed by atoms with Gasteiger partial charge in [-0.1, -0.05) is 22.0 Å². The number of likely N-dealkylation sites (tertiary alicyclic amines) is 1. The molecule has 4 rings (SSSR count). The van der Waals surface area contributed by atoms with E-state index in [4.69, 9.17) is 9.84 Å². The summed E-state index contributed by atoms with van der Waals surface area (Å²) in [6.45, 7) is 2.74. The van der Waals surface area contributed by atoms with E-state index in [0.29, 0.717) is 33.6 Å². The summed E-state index contributed by atoms with van der Waals surface area (Å²) in [5, 5.41) is 18.3. The highest BCUT2D eigenvalue weighted by molar-refractivity contribution is 9.10. The molecule has 13 heteroatoms. The molecule has 0 aliphatic carbocycles. The molecule has 2 aliphatic rings. The highest BCUT2D eigenvalue weighted by Crippen LogP contribution is 2.37. The predicted octanol–water partition coefficient (Wildman–Crippen LogP) is 3.88. The molecule has 1 aromatic heterocycles. The van der Waals surface area contributed by atoms with Crippen molar-refractivity contribution in [3.63, 3.8) is 0 Å². The number of hydrogen-bond acceptors (Lipinski definition) is 9. The van der Waals surface area contributed by atoms with E-state index in [-0.39, 0.29) is 31.4 Å². The van der Waals surface area contributed by atoms with Gasteiger partial charge in [-0.3, -0.25) is 15.0 Å². The molecule has 0 amide bonds. The fraction of sp³-hybridized carbons (Fsp3) is 0.458. The Labute approximate surface area is 230 Å². The van der Waals surface area contributed by atoms with Gasteiger partial charge in [-0.2, -0.15) is 0 Å². The minimum Gasteiger partial charge on any atom is -0.481 e. The molecule has 2 aromatic rings. The van der Waals surface area contributed by atoms with E-state index in [2.05, 4.69) is 31.5 Å². The van der Waals surface area contributed by atoms with Gasteiger partial charge in [0.1, 0.15) is 23.2 Å². The first-order valence-corrected chi connectivity index (χ1v) is 14.5. The fourth-order valence-corrected chi connectivity index (χ4v) is 6.65. The first-order chi connectivity index (χ1) is 17.8. The Morgan fingerprint density at radius 2 is 2.19 bits per heavy atom. The van der Waals surface area contributed by atoms with Gasteiger partial charge in [-0.25, -0.2) is 18.6 Å². The van der Waals surface area contributed by atoms with E-state index in [1.54, 1.807) is 19.2 Å². The summed E-state index contributed by atoms with van der Waals surface area (Å²) < 4.78 is 34.6. The van der Waals surface area contributed by atoms with Crippen LogP contribution in [-0.4, -0.2) is 70.8 Å². The monoisotopic (exact) mass is 616 g/mol. The summed E-state index contributed by atoms with van der Waals surface area (Å²) in [6.07, 6.45) is 0.136. The van der Waals surface area contributed by atoms with Crippen LogP contribution in [0.15, 0.2) is 45.5 Å². The van der Waals surface area contributed by atoms with E-state index in [9.17, 15) is 18.4 Å². The van der Waals surface area contributed by atoms with Gasteiger partial charge in [0.2, 0.25) is 0 Å². The summed E-state index contributed by atoms with van der Waals surface area (Å²) in [5.74, 6) is -1.85. The maximum Gasteiger partial charge on any atom is 0.337 e. The van der Waals surface area contributed by atoms with Crippen molar-refractivity contribution in [2.75, 3.05) is 37.7 Å². The van der Waals surface area contributed by atoms with Crippen LogP contribution >= 0.6 is 39.0 Å². The highest BCUT2D eigenvalue weighted by Gasteiger charge is 2.39. The van der Waals surface area contributed by atoms with E-state index >= 15 is 0 Å². The number of thioether (sulfide) groups is 1. The van der Waals surface area contributed by atoms with Crippen molar-refractivity contribution in [2.45, 2.75) is 25.3 Å². The number of esters is 1. The molecule has 1 saturated heterocycles. The van der Waals surface area contributed by atoms with Crippen LogP contribution in [0.1, 0.15) is 29.7 Å². The lowest BCUT2D eigenvalue weighted by Crippen LogP contribution is -2.47. The maximum absolute atomic E-state index is 14.8. The number of nitrogens with one attached hydrogen (secondary N) is 2. The Morgan fingerprint density at radius 1 is 1.38 bits per heavy atom. The number of hydrogen-bond donors (Lipinski definition) is 3. The number of ether oxygens (including phenoxy) is 1. The third kappa shape index (κ3) is 6.88. The maximum atomic E-state index is 14.8. The van der Waals surface area contributed by atoms with Gasteiger partial charge in [0.25, 0.3) is 0 Å². The zero-order chi connectivity index (χ0) is 26.5. The zero-order valence-electron chi connectivity index (χ0n) is 20.0. The molecule has 200 valence electrons. The van der Waals surface area contributed by atoms with Crippen LogP contribution in [0.4, 0.5) is 8.78 Å². The van der Waals surface area contributed by atoms with Crippen molar-refractivity contribution in [3.8, 4) is 0 Å². The number of thiazole rings is 1. The summed E-state index contributed by atoms with van der Waals surface area (Å²) in [7, 11) is 0. The molecule has 8 nitrogen and oxygen atoms in total. The molecule has 0 radical (unpaired) electrons. The molecule has 3 N–H and O–H groups in total. The molecule has 2 aliphatic heterocycles. The molecule has 1 aromatic carbocycles. The number of rotatable bonds is 10. The first-order valence-electron chi connectivity index (χ1n) is 11.7. The number of benzene rings is 1. The lowest BCUT2D eigenvalue weighted by Gasteiger charge is -2.36. The number of aromatic nitrogens is 1. The zero-order valence-corrected chi connectivity index (χ0v) is 23.2. The van der Waals surface area contributed by atoms with Crippen molar-refractivity contribution in [1.29, 1.82) is 0 Å². The molecule has 0 bridgehead atoms. The predicted molar refractivity (Wildman–Crippen MR) is 141 cm³/mol. The standard InChI is InChI=1S/C24H27BrF2N4O4S2/c1-2-35-24(34)20-18(10-31-8-13(17(27)9-31)11-36-12-19(32)33)29-22(23-28-5-6-37-23)30-21(20)15-4-3-14(26)7-16(15)25/h3-7,13,17,21-22,29-30H,2,8-12H2,1H3,(H,32,33). The second kappa shape index (κ2) is 12.7. The van der Waals surface area contributed by atoms with Crippen LogP contribution in [0.3, 0.4) is 0 Å². The minimum atomic E-state index is -1.11. The Kier molecular flexibility index (Phi) is 9.57. The van der Waals surface area contributed by atoms with Crippen molar-refractivity contribution < 1.29 is 28.2 Å². The van der Waals surface area contributed by atoms with E-state index in [1.807, 2.05) is 10.3 Å². The Balaban J connectivity index is 1.67. The molecule has 4 unspecified atom stereocenters. The summed E-state index contributed by atoms with van der Waals surface area (Å²) >= 11 is 6.07. The van der Waals surface area contributed by atoms with Gasteiger partial charge in [-0.05, 0) is 24.6 Å². The van der Waals surface area contributed by atoms with Gasteiger partial charge in [0.05, 0.1) is 24.0 Å². The van der Waals surface area contributed by atoms with Gasteiger partial charge < -0.3 is 15.2 Å². The second-order valence-corrected chi connectivity index (χ2v) is 11.5.